The van der Waals surface area contributed by atoms with Crippen molar-refractivity contribution in [2.24, 2.45) is 0 Å². The Hall–Kier alpha value is 0.190. The summed E-state index contributed by atoms with van der Waals surface area (Å²) in [7, 11) is 0. The predicted molar refractivity (Wildman–Crippen MR) is 99.1 cm³/mol. The van der Waals surface area contributed by atoms with Crippen molar-refractivity contribution in [3.8, 4) is 0 Å². The zero-order valence-corrected chi connectivity index (χ0v) is 15.3. The summed E-state index contributed by atoms with van der Waals surface area (Å²) >= 11 is 1.66. The number of nitrogens with one attached hydrogen (secondary N) is 2. The third-order valence-electron chi connectivity index (χ3n) is 5.12. The topological polar surface area (TPSA) is 64.5 Å². The van der Waals surface area contributed by atoms with E-state index in [4.69, 9.17) is 0 Å². The Balaban J connectivity index is 1.44. The van der Waals surface area contributed by atoms with E-state index in [0.717, 1.165) is 0 Å². The van der Waals surface area contributed by atoms with Crippen LogP contribution in [0.2, 0.25) is 0 Å². The molecule has 0 aromatic carbocycles. The van der Waals surface area contributed by atoms with Gasteiger partial charge in [-0.25, -0.2) is 0 Å². The quantitative estimate of drug-likeness (QED) is 0.490. The van der Waals surface area contributed by atoms with E-state index < -0.39 is 0 Å². The van der Waals surface area contributed by atoms with Gasteiger partial charge in [0.2, 0.25) is 0 Å². The first kappa shape index (κ1) is 19.5. The summed E-state index contributed by atoms with van der Waals surface area (Å²) in [5.41, 5.74) is 0. The van der Waals surface area contributed by atoms with Crippen molar-refractivity contribution in [1.82, 2.24) is 10.6 Å². The first-order valence-corrected chi connectivity index (χ1v) is 10.8. The highest BCUT2D eigenvalue weighted by Gasteiger charge is 2.16. The molecular weight excluding hydrogens is 308 g/mol. The monoisotopic (exact) mass is 344 g/mol. The van der Waals surface area contributed by atoms with Crippen LogP contribution >= 0.6 is 11.8 Å². The minimum atomic E-state index is -0.305. The van der Waals surface area contributed by atoms with Crippen LogP contribution in [0.1, 0.15) is 64.2 Å². The normalized spacial score (nSPS) is 23.7. The molecule has 0 radical (unpaired) electrons. The molecule has 4 nitrogen and oxygen atoms in total. The van der Waals surface area contributed by atoms with Crippen LogP contribution in [0.5, 0.6) is 0 Å². The highest BCUT2D eigenvalue weighted by atomic mass is 32.2. The average molecular weight is 345 g/mol. The maximum atomic E-state index is 10.0. The number of rotatable bonds is 10. The fourth-order valence-electron chi connectivity index (χ4n) is 3.68. The molecule has 5 heteroatoms. The van der Waals surface area contributed by atoms with Gasteiger partial charge in [0.25, 0.3) is 0 Å². The van der Waals surface area contributed by atoms with Crippen LogP contribution in [0.3, 0.4) is 0 Å². The van der Waals surface area contributed by atoms with Crippen LogP contribution in [-0.4, -0.2) is 59.1 Å². The molecule has 4 N–H and O–H groups in total. The van der Waals surface area contributed by atoms with Gasteiger partial charge in [-0.05, 0) is 25.7 Å². The van der Waals surface area contributed by atoms with Crippen molar-refractivity contribution < 1.29 is 10.2 Å². The first-order valence-electron chi connectivity index (χ1n) is 9.64. The first-order chi connectivity index (χ1) is 11.2. The minimum Gasteiger partial charge on any atom is -0.391 e. The second kappa shape index (κ2) is 11.7. The molecule has 0 heterocycles. The SMILES string of the molecule is OC(CNC1CCCCC1)CSCC(O)CNC1CCCCC1. The van der Waals surface area contributed by atoms with Crippen LogP contribution in [0.15, 0.2) is 0 Å². The van der Waals surface area contributed by atoms with Crippen molar-refractivity contribution in [1.29, 1.82) is 0 Å². The second-order valence-corrected chi connectivity index (χ2v) is 8.41. The Bertz CT molecular complexity index is 267. The van der Waals surface area contributed by atoms with Crippen LogP contribution < -0.4 is 10.6 Å². The number of hydrogen-bond acceptors (Lipinski definition) is 5. The van der Waals surface area contributed by atoms with E-state index in [1.165, 1.54) is 64.2 Å². The predicted octanol–water partition coefficient (Wildman–Crippen LogP) is 2.29. The standard InChI is InChI=1S/C18H36N2O2S/c21-17(11-19-15-7-3-1-4-8-15)13-23-14-18(22)12-20-16-9-5-2-6-10-16/h15-22H,1-14H2. The minimum absolute atomic E-state index is 0.305. The van der Waals surface area contributed by atoms with Gasteiger partial charge >= 0.3 is 0 Å². The van der Waals surface area contributed by atoms with E-state index in [0.29, 0.717) is 36.7 Å². The number of aliphatic hydroxyl groups is 2. The number of hydrogen-bond donors (Lipinski definition) is 4. The third-order valence-corrected chi connectivity index (χ3v) is 6.36. The second-order valence-electron chi connectivity index (χ2n) is 7.33. The zero-order chi connectivity index (χ0) is 16.3. The van der Waals surface area contributed by atoms with Gasteiger partial charge in [-0.3, -0.25) is 0 Å². The van der Waals surface area contributed by atoms with Crippen molar-refractivity contribution in [2.75, 3.05) is 24.6 Å². The van der Waals surface area contributed by atoms with Crippen molar-refractivity contribution in [2.45, 2.75) is 88.5 Å². The lowest BCUT2D eigenvalue weighted by molar-refractivity contribution is 0.181. The summed E-state index contributed by atoms with van der Waals surface area (Å²) in [5, 5.41) is 27.1. The Kier molecular flexibility index (Phi) is 9.92. The molecule has 2 saturated carbocycles. The summed E-state index contributed by atoms with van der Waals surface area (Å²) < 4.78 is 0. The Morgan fingerprint density at radius 2 is 1.09 bits per heavy atom. The molecule has 0 bridgehead atoms. The molecule has 0 saturated heterocycles. The number of aliphatic hydroxyl groups excluding tert-OH is 2. The van der Waals surface area contributed by atoms with Crippen LogP contribution in [0, 0.1) is 0 Å². The Morgan fingerprint density at radius 3 is 1.48 bits per heavy atom. The van der Waals surface area contributed by atoms with E-state index in [-0.39, 0.29) is 12.2 Å². The number of thioether (sulfide) groups is 1. The highest BCUT2D eigenvalue weighted by molar-refractivity contribution is 7.99. The largest absolute Gasteiger partial charge is 0.391 e. The fourth-order valence-corrected chi connectivity index (χ4v) is 4.59. The summed E-state index contributed by atoms with van der Waals surface area (Å²) in [5.74, 6) is 1.42. The third kappa shape index (κ3) is 8.73. The van der Waals surface area contributed by atoms with Crippen LogP contribution in [0.4, 0.5) is 0 Å². The lowest BCUT2D eigenvalue weighted by atomic mass is 9.95. The molecule has 0 amide bonds. The van der Waals surface area contributed by atoms with E-state index in [1.54, 1.807) is 11.8 Å². The maximum absolute atomic E-state index is 10.0. The summed E-state index contributed by atoms with van der Waals surface area (Å²) in [6.45, 7) is 1.38. The molecule has 2 fully saturated rings. The van der Waals surface area contributed by atoms with Gasteiger partial charge in [0.1, 0.15) is 0 Å². The maximum Gasteiger partial charge on any atom is 0.0754 e. The van der Waals surface area contributed by atoms with Gasteiger partial charge < -0.3 is 20.8 Å². The molecule has 0 aromatic heterocycles. The van der Waals surface area contributed by atoms with E-state index in [9.17, 15) is 10.2 Å². The summed E-state index contributed by atoms with van der Waals surface area (Å²) in [4.78, 5) is 0. The summed E-state index contributed by atoms with van der Waals surface area (Å²) in [6, 6.07) is 1.21. The Morgan fingerprint density at radius 1 is 0.696 bits per heavy atom. The molecule has 136 valence electrons. The lowest BCUT2D eigenvalue weighted by Gasteiger charge is -2.25. The van der Waals surface area contributed by atoms with Crippen LogP contribution in [-0.2, 0) is 0 Å². The molecular formula is C18H36N2O2S. The summed E-state index contributed by atoms with van der Waals surface area (Å²) in [6.07, 6.45) is 12.4. The molecule has 0 spiro atoms. The smallest absolute Gasteiger partial charge is 0.0754 e. The van der Waals surface area contributed by atoms with Crippen LogP contribution in [0.25, 0.3) is 0 Å². The molecule has 2 aliphatic rings. The molecule has 2 unspecified atom stereocenters. The van der Waals surface area contributed by atoms with Gasteiger partial charge in [0.15, 0.2) is 0 Å². The van der Waals surface area contributed by atoms with Crippen molar-refractivity contribution >= 4 is 11.8 Å². The van der Waals surface area contributed by atoms with E-state index >= 15 is 0 Å². The molecule has 0 aromatic rings. The zero-order valence-electron chi connectivity index (χ0n) is 14.5. The molecule has 23 heavy (non-hydrogen) atoms. The molecule has 2 aliphatic carbocycles. The fraction of sp³-hybridized carbons (Fsp3) is 1.00. The van der Waals surface area contributed by atoms with Gasteiger partial charge in [-0.1, -0.05) is 38.5 Å². The molecule has 0 aliphatic heterocycles. The molecule has 2 rings (SSSR count). The molecule has 2 atom stereocenters. The lowest BCUT2D eigenvalue weighted by Crippen LogP contribution is -2.39. The van der Waals surface area contributed by atoms with E-state index in [2.05, 4.69) is 10.6 Å². The van der Waals surface area contributed by atoms with Crippen molar-refractivity contribution in [3.63, 3.8) is 0 Å². The van der Waals surface area contributed by atoms with Gasteiger partial charge in [-0.15, -0.1) is 0 Å². The van der Waals surface area contributed by atoms with Gasteiger partial charge in [0.05, 0.1) is 12.2 Å². The van der Waals surface area contributed by atoms with E-state index in [1.807, 2.05) is 0 Å². The van der Waals surface area contributed by atoms with Gasteiger partial charge in [-0.2, -0.15) is 11.8 Å². The average Bonchev–Trinajstić information content (AvgIpc) is 2.60. The van der Waals surface area contributed by atoms with Crippen molar-refractivity contribution in [3.05, 3.63) is 0 Å². The Labute approximate surface area is 146 Å². The van der Waals surface area contributed by atoms with Gasteiger partial charge in [0, 0.05) is 36.7 Å². The highest BCUT2D eigenvalue weighted by Crippen LogP contribution is 2.18.